The summed E-state index contributed by atoms with van der Waals surface area (Å²) in [6.45, 7) is 9.69. The summed E-state index contributed by atoms with van der Waals surface area (Å²) in [4.78, 5) is 29.1. The smallest absolute Gasteiger partial charge is 0.225 e. The molecule has 1 saturated carbocycles. The summed E-state index contributed by atoms with van der Waals surface area (Å²) in [6, 6.07) is 0. The van der Waals surface area contributed by atoms with Crippen molar-refractivity contribution in [2.45, 2.75) is 65.2 Å². The highest BCUT2D eigenvalue weighted by atomic mass is 16.2. The van der Waals surface area contributed by atoms with E-state index in [1.165, 1.54) is 19.3 Å². The quantitative estimate of drug-likeness (QED) is 0.731. The van der Waals surface area contributed by atoms with Crippen molar-refractivity contribution in [3.05, 3.63) is 0 Å². The van der Waals surface area contributed by atoms with Gasteiger partial charge in [-0.25, -0.2) is 0 Å². The van der Waals surface area contributed by atoms with E-state index in [0.717, 1.165) is 65.0 Å². The van der Waals surface area contributed by atoms with Crippen molar-refractivity contribution in [1.29, 1.82) is 0 Å². The molecule has 1 saturated heterocycles. The SMILES string of the molecule is CCN(CC)CCNC(=O)CC1CCN(C(=O)C2CCCCC2)CC1. The Balaban J connectivity index is 1.62. The van der Waals surface area contributed by atoms with Gasteiger partial charge in [0.2, 0.25) is 11.8 Å². The lowest BCUT2D eigenvalue weighted by Gasteiger charge is -2.35. The van der Waals surface area contributed by atoms with Crippen LogP contribution in [0, 0.1) is 11.8 Å². The van der Waals surface area contributed by atoms with Crippen molar-refractivity contribution in [3.63, 3.8) is 0 Å². The van der Waals surface area contributed by atoms with E-state index in [0.29, 0.717) is 18.2 Å². The Morgan fingerprint density at radius 3 is 2.24 bits per heavy atom. The van der Waals surface area contributed by atoms with Crippen molar-refractivity contribution < 1.29 is 9.59 Å². The van der Waals surface area contributed by atoms with Gasteiger partial charge < -0.3 is 15.1 Å². The number of piperidine rings is 1. The molecule has 0 spiro atoms. The molecule has 2 rings (SSSR count). The van der Waals surface area contributed by atoms with Crippen LogP contribution in [0.1, 0.15) is 65.2 Å². The maximum Gasteiger partial charge on any atom is 0.225 e. The highest BCUT2D eigenvalue weighted by Gasteiger charge is 2.29. The first-order valence-electron chi connectivity index (χ1n) is 10.4. The van der Waals surface area contributed by atoms with Gasteiger partial charge in [-0.1, -0.05) is 33.1 Å². The Morgan fingerprint density at radius 1 is 1.00 bits per heavy atom. The molecule has 1 heterocycles. The van der Waals surface area contributed by atoms with Crippen LogP contribution in [0.3, 0.4) is 0 Å². The van der Waals surface area contributed by atoms with Crippen molar-refractivity contribution in [1.82, 2.24) is 15.1 Å². The Kier molecular flexibility index (Phi) is 8.73. The van der Waals surface area contributed by atoms with Crippen LogP contribution in [0.25, 0.3) is 0 Å². The normalized spacial score (nSPS) is 20.0. The molecule has 144 valence electrons. The van der Waals surface area contributed by atoms with Gasteiger partial charge in [0, 0.05) is 38.5 Å². The van der Waals surface area contributed by atoms with Gasteiger partial charge in [0.25, 0.3) is 0 Å². The molecule has 0 aromatic heterocycles. The molecule has 5 heteroatoms. The lowest BCUT2D eigenvalue weighted by atomic mass is 9.87. The van der Waals surface area contributed by atoms with Crippen LogP contribution in [-0.4, -0.2) is 60.9 Å². The molecule has 0 aromatic carbocycles. The molecule has 2 aliphatic rings. The summed E-state index contributed by atoms with van der Waals surface area (Å²) in [6.07, 6.45) is 8.42. The van der Waals surface area contributed by atoms with E-state index in [1.54, 1.807) is 0 Å². The van der Waals surface area contributed by atoms with Crippen LogP contribution < -0.4 is 5.32 Å². The highest BCUT2D eigenvalue weighted by molar-refractivity contribution is 5.79. The third kappa shape index (κ3) is 6.61. The van der Waals surface area contributed by atoms with Gasteiger partial charge in [0.15, 0.2) is 0 Å². The molecule has 1 aliphatic carbocycles. The van der Waals surface area contributed by atoms with E-state index in [2.05, 4.69) is 29.0 Å². The van der Waals surface area contributed by atoms with Gasteiger partial charge in [0.1, 0.15) is 0 Å². The number of amides is 2. The molecule has 1 N–H and O–H groups in total. The topological polar surface area (TPSA) is 52.7 Å². The monoisotopic (exact) mass is 351 g/mol. The van der Waals surface area contributed by atoms with Crippen molar-refractivity contribution in [3.8, 4) is 0 Å². The fraction of sp³-hybridized carbons (Fsp3) is 0.900. The molecule has 0 radical (unpaired) electrons. The number of nitrogens with zero attached hydrogens (tertiary/aromatic N) is 2. The minimum absolute atomic E-state index is 0.171. The molecule has 1 aliphatic heterocycles. The number of nitrogens with one attached hydrogen (secondary N) is 1. The van der Waals surface area contributed by atoms with E-state index in [9.17, 15) is 9.59 Å². The number of hydrogen-bond acceptors (Lipinski definition) is 3. The average Bonchev–Trinajstić information content (AvgIpc) is 2.66. The van der Waals surface area contributed by atoms with E-state index in [-0.39, 0.29) is 11.8 Å². The van der Waals surface area contributed by atoms with E-state index in [4.69, 9.17) is 0 Å². The average molecular weight is 352 g/mol. The second kappa shape index (κ2) is 10.8. The van der Waals surface area contributed by atoms with Crippen molar-refractivity contribution in [2.75, 3.05) is 39.3 Å². The van der Waals surface area contributed by atoms with Gasteiger partial charge in [-0.2, -0.15) is 0 Å². The molecule has 0 aromatic rings. The molecule has 0 bridgehead atoms. The molecular weight excluding hydrogens is 314 g/mol. The predicted molar refractivity (Wildman–Crippen MR) is 101 cm³/mol. The Labute approximate surface area is 153 Å². The van der Waals surface area contributed by atoms with Crippen molar-refractivity contribution >= 4 is 11.8 Å². The van der Waals surface area contributed by atoms with Gasteiger partial charge >= 0.3 is 0 Å². The number of hydrogen-bond donors (Lipinski definition) is 1. The molecule has 2 amide bonds. The molecule has 25 heavy (non-hydrogen) atoms. The number of carbonyl (C=O) groups excluding carboxylic acids is 2. The van der Waals surface area contributed by atoms with Crippen LogP contribution in [0.15, 0.2) is 0 Å². The first-order chi connectivity index (χ1) is 12.1. The summed E-state index contributed by atoms with van der Waals surface area (Å²) in [7, 11) is 0. The van der Waals surface area contributed by atoms with Crippen LogP contribution in [-0.2, 0) is 9.59 Å². The fourth-order valence-corrected chi connectivity index (χ4v) is 4.19. The summed E-state index contributed by atoms with van der Waals surface area (Å²) in [5.74, 6) is 1.25. The standard InChI is InChI=1S/C20H37N3O2/c1-3-22(4-2)15-12-21-19(24)16-17-10-13-23(14-11-17)20(25)18-8-6-5-7-9-18/h17-18H,3-16H2,1-2H3,(H,21,24). The van der Waals surface area contributed by atoms with E-state index in [1.807, 2.05) is 0 Å². The summed E-state index contributed by atoms with van der Waals surface area (Å²) in [5.41, 5.74) is 0. The zero-order chi connectivity index (χ0) is 18.1. The lowest BCUT2D eigenvalue weighted by Crippen LogP contribution is -2.43. The van der Waals surface area contributed by atoms with Gasteiger partial charge in [-0.15, -0.1) is 0 Å². The fourth-order valence-electron chi connectivity index (χ4n) is 4.19. The second-order valence-electron chi connectivity index (χ2n) is 7.68. The maximum atomic E-state index is 12.6. The van der Waals surface area contributed by atoms with Gasteiger partial charge in [-0.05, 0) is 44.7 Å². The Hall–Kier alpha value is -1.10. The predicted octanol–water partition coefficient (Wildman–Crippen LogP) is 2.65. The molecule has 0 unspecified atom stereocenters. The largest absolute Gasteiger partial charge is 0.355 e. The number of rotatable bonds is 8. The third-order valence-corrected chi connectivity index (χ3v) is 6.00. The van der Waals surface area contributed by atoms with Gasteiger partial charge in [-0.3, -0.25) is 9.59 Å². The van der Waals surface area contributed by atoms with E-state index >= 15 is 0 Å². The highest BCUT2D eigenvalue weighted by Crippen LogP contribution is 2.28. The molecule has 0 atom stereocenters. The summed E-state index contributed by atoms with van der Waals surface area (Å²) in [5, 5.41) is 3.05. The van der Waals surface area contributed by atoms with Gasteiger partial charge in [0.05, 0.1) is 0 Å². The maximum absolute atomic E-state index is 12.6. The number of carbonyl (C=O) groups is 2. The molecule has 5 nitrogen and oxygen atoms in total. The van der Waals surface area contributed by atoms with Crippen LogP contribution >= 0.6 is 0 Å². The second-order valence-corrected chi connectivity index (χ2v) is 7.68. The van der Waals surface area contributed by atoms with Crippen LogP contribution in [0.5, 0.6) is 0 Å². The zero-order valence-corrected chi connectivity index (χ0v) is 16.3. The zero-order valence-electron chi connectivity index (χ0n) is 16.3. The lowest BCUT2D eigenvalue weighted by molar-refractivity contribution is -0.138. The molecular formula is C20H37N3O2. The Bertz CT molecular complexity index is 409. The van der Waals surface area contributed by atoms with Crippen LogP contribution in [0.4, 0.5) is 0 Å². The summed E-state index contributed by atoms with van der Waals surface area (Å²) >= 11 is 0. The molecule has 2 fully saturated rings. The third-order valence-electron chi connectivity index (χ3n) is 6.00. The summed E-state index contributed by atoms with van der Waals surface area (Å²) < 4.78 is 0. The van der Waals surface area contributed by atoms with E-state index < -0.39 is 0 Å². The van der Waals surface area contributed by atoms with Crippen molar-refractivity contribution in [2.24, 2.45) is 11.8 Å². The van der Waals surface area contributed by atoms with Crippen LogP contribution in [0.2, 0.25) is 0 Å². The number of likely N-dealkylation sites (tertiary alicyclic amines) is 1. The minimum atomic E-state index is 0.171. The number of likely N-dealkylation sites (N-methyl/N-ethyl adjacent to an activating group) is 1. The Morgan fingerprint density at radius 2 is 1.64 bits per heavy atom. The first kappa shape index (κ1) is 20.2. The minimum Gasteiger partial charge on any atom is -0.355 e. The first-order valence-corrected chi connectivity index (χ1v) is 10.4.